The molecule has 0 radical (unpaired) electrons. The molecule has 0 fully saturated rings. The molecule has 0 spiro atoms. The van der Waals surface area contributed by atoms with E-state index in [1.165, 1.54) is 29.5 Å². The Morgan fingerprint density at radius 2 is 1.92 bits per heavy atom. The van der Waals surface area contributed by atoms with E-state index in [4.69, 9.17) is 4.42 Å². The zero-order chi connectivity index (χ0) is 17.6. The molecule has 0 bridgehead atoms. The number of phenols is 1. The zero-order valence-electron chi connectivity index (χ0n) is 14.6. The van der Waals surface area contributed by atoms with Gasteiger partial charge in [0.05, 0.1) is 4.47 Å². The highest BCUT2D eigenvalue weighted by atomic mass is 79.9. The molecule has 0 unspecified atom stereocenters. The molecule has 25 heavy (non-hydrogen) atoms. The lowest BCUT2D eigenvalue weighted by atomic mass is 9.93. The van der Waals surface area contributed by atoms with Crippen molar-refractivity contribution in [3.8, 4) is 5.75 Å². The summed E-state index contributed by atoms with van der Waals surface area (Å²) in [6.07, 6.45) is 4.38. The molecular formula is C21H22BrNO2. The number of hydrogen-bond donors (Lipinski definition) is 2. The maximum absolute atomic E-state index is 10.7. The van der Waals surface area contributed by atoms with Crippen LogP contribution in [0.4, 0.5) is 5.69 Å². The first-order valence-corrected chi connectivity index (χ1v) is 9.59. The summed E-state index contributed by atoms with van der Waals surface area (Å²) in [6, 6.07) is 8.24. The summed E-state index contributed by atoms with van der Waals surface area (Å²) in [6.45, 7) is 4.79. The molecule has 0 amide bonds. The summed E-state index contributed by atoms with van der Waals surface area (Å²) in [7, 11) is 0. The Bertz CT molecular complexity index is 958. The van der Waals surface area contributed by atoms with Gasteiger partial charge in [0.2, 0.25) is 0 Å². The number of aromatic hydroxyl groups is 1. The van der Waals surface area contributed by atoms with E-state index in [2.05, 4.69) is 53.3 Å². The standard InChI is InChI=1S/C21H22BrNO2/c1-12-7-8-14(9-13(12)2)23-11-16-20-15-5-3-4-6-18(15)25-19(20)10-17(22)21(16)24/h7-10,23-24H,3-6,11H2,1-2H3. The number of furan rings is 1. The van der Waals surface area contributed by atoms with Crippen molar-refractivity contribution < 1.29 is 9.52 Å². The molecule has 0 saturated heterocycles. The van der Waals surface area contributed by atoms with Crippen LogP contribution in [0, 0.1) is 13.8 Å². The third-order valence-corrected chi connectivity index (χ3v) is 5.85. The van der Waals surface area contributed by atoms with Gasteiger partial charge in [-0.1, -0.05) is 6.07 Å². The van der Waals surface area contributed by atoms with Crippen molar-refractivity contribution in [1.82, 2.24) is 0 Å². The van der Waals surface area contributed by atoms with Gasteiger partial charge in [-0.05, 0) is 78.4 Å². The van der Waals surface area contributed by atoms with E-state index in [0.717, 1.165) is 40.8 Å². The van der Waals surface area contributed by atoms with Gasteiger partial charge in [0.25, 0.3) is 0 Å². The number of nitrogens with one attached hydrogen (secondary N) is 1. The number of phenolic OH excluding ortho intramolecular Hbond substituents is 1. The van der Waals surface area contributed by atoms with Crippen LogP contribution in [0.25, 0.3) is 11.0 Å². The Hall–Kier alpha value is -1.94. The molecule has 3 aromatic rings. The first-order chi connectivity index (χ1) is 12.0. The predicted octanol–water partition coefficient (Wildman–Crippen LogP) is 6.01. The first-order valence-electron chi connectivity index (χ1n) is 8.80. The molecule has 2 N–H and O–H groups in total. The molecule has 1 heterocycles. The van der Waals surface area contributed by atoms with Crippen LogP contribution in [0.15, 0.2) is 33.2 Å². The fourth-order valence-electron chi connectivity index (χ4n) is 3.68. The van der Waals surface area contributed by atoms with Crippen molar-refractivity contribution in [2.45, 2.75) is 46.1 Å². The molecule has 1 aromatic heterocycles. The van der Waals surface area contributed by atoms with Crippen LogP contribution in [-0.2, 0) is 19.4 Å². The van der Waals surface area contributed by atoms with Crippen LogP contribution in [0.3, 0.4) is 0 Å². The highest BCUT2D eigenvalue weighted by Gasteiger charge is 2.23. The lowest BCUT2D eigenvalue weighted by molar-refractivity contribution is 0.466. The van der Waals surface area contributed by atoms with E-state index in [-0.39, 0.29) is 0 Å². The molecule has 2 aromatic carbocycles. The Morgan fingerprint density at radius 3 is 2.72 bits per heavy atom. The van der Waals surface area contributed by atoms with Crippen molar-refractivity contribution in [3.63, 3.8) is 0 Å². The van der Waals surface area contributed by atoms with Gasteiger partial charge < -0.3 is 14.8 Å². The van der Waals surface area contributed by atoms with Crippen molar-refractivity contribution in [3.05, 3.63) is 56.8 Å². The molecule has 4 rings (SSSR count). The second-order valence-corrected chi connectivity index (χ2v) is 7.78. The summed E-state index contributed by atoms with van der Waals surface area (Å²) >= 11 is 3.47. The number of rotatable bonds is 3. The monoisotopic (exact) mass is 399 g/mol. The largest absolute Gasteiger partial charge is 0.506 e. The maximum Gasteiger partial charge on any atom is 0.136 e. The van der Waals surface area contributed by atoms with Gasteiger partial charge in [-0.15, -0.1) is 0 Å². The van der Waals surface area contributed by atoms with Gasteiger partial charge in [-0.3, -0.25) is 0 Å². The minimum absolute atomic E-state index is 0.304. The van der Waals surface area contributed by atoms with Gasteiger partial charge in [0.1, 0.15) is 17.1 Å². The Kier molecular flexibility index (Phi) is 4.24. The van der Waals surface area contributed by atoms with Crippen molar-refractivity contribution in [2.75, 3.05) is 5.32 Å². The highest BCUT2D eigenvalue weighted by Crippen LogP contribution is 2.41. The Morgan fingerprint density at radius 1 is 1.12 bits per heavy atom. The predicted molar refractivity (Wildman–Crippen MR) is 105 cm³/mol. The fraction of sp³-hybridized carbons (Fsp3) is 0.333. The normalized spacial score (nSPS) is 13.9. The Labute approximate surface area is 156 Å². The van der Waals surface area contributed by atoms with Gasteiger partial charge in [-0.25, -0.2) is 0 Å². The number of halogens is 1. The SMILES string of the molecule is Cc1ccc(NCc2c(O)c(Br)cc3oc4c(c23)CCCC4)cc1C. The van der Waals surface area contributed by atoms with Crippen molar-refractivity contribution in [2.24, 2.45) is 0 Å². The van der Waals surface area contributed by atoms with E-state index < -0.39 is 0 Å². The average molecular weight is 400 g/mol. The number of fused-ring (bicyclic) bond motifs is 3. The molecular weight excluding hydrogens is 378 g/mol. The molecule has 0 atom stereocenters. The molecule has 3 nitrogen and oxygen atoms in total. The summed E-state index contributed by atoms with van der Waals surface area (Å²) in [5.41, 5.74) is 6.66. The van der Waals surface area contributed by atoms with Crippen molar-refractivity contribution in [1.29, 1.82) is 0 Å². The number of anilines is 1. The van der Waals surface area contributed by atoms with Crippen LogP contribution in [-0.4, -0.2) is 5.11 Å². The molecule has 1 aliphatic carbocycles. The third kappa shape index (κ3) is 2.93. The van der Waals surface area contributed by atoms with Crippen LogP contribution in [0.2, 0.25) is 0 Å². The number of hydrogen-bond acceptors (Lipinski definition) is 3. The summed E-state index contributed by atoms with van der Waals surface area (Å²) in [5.74, 6) is 1.39. The van der Waals surface area contributed by atoms with Gasteiger partial charge in [0.15, 0.2) is 0 Å². The van der Waals surface area contributed by atoms with Gasteiger partial charge in [-0.2, -0.15) is 0 Å². The van der Waals surface area contributed by atoms with Crippen LogP contribution in [0.5, 0.6) is 5.75 Å². The van der Waals surface area contributed by atoms with Crippen molar-refractivity contribution >= 4 is 32.6 Å². The molecule has 0 aliphatic heterocycles. The topological polar surface area (TPSA) is 45.4 Å². The second kappa shape index (κ2) is 6.41. The fourth-order valence-corrected chi connectivity index (χ4v) is 4.13. The summed E-state index contributed by atoms with van der Waals surface area (Å²) in [4.78, 5) is 0. The van der Waals surface area contributed by atoms with Crippen LogP contribution < -0.4 is 5.32 Å². The summed E-state index contributed by atoms with van der Waals surface area (Å²) in [5, 5.41) is 15.2. The molecule has 4 heteroatoms. The Balaban J connectivity index is 1.75. The second-order valence-electron chi connectivity index (χ2n) is 6.92. The minimum Gasteiger partial charge on any atom is -0.506 e. The van der Waals surface area contributed by atoms with E-state index in [1.807, 2.05) is 6.07 Å². The lowest BCUT2D eigenvalue weighted by Gasteiger charge is -2.14. The minimum atomic E-state index is 0.304. The zero-order valence-corrected chi connectivity index (χ0v) is 16.2. The maximum atomic E-state index is 10.7. The van der Waals surface area contributed by atoms with Crippen LogP contribution >= 0.6 is 15.9 Å². The quantitative estimate of drug-likeness (QED) is 0.566. The first kappa shape index (κ1) is 16.5. The molecule has 0 saturated carbocycles. The van der Waals surface area contributed by atoms with Gasteiger partial charge in [0, 0.05) is 35.2 Å². The number of aryl methyl sites for hydroxylation is 4. The van der Waals surface area contributed by atoms with Crippen LogP contribution in [0.1, 0.15) is 40.9 Å². The highest BCUT2D eigenvalue weighted by molar-refractivity contribution is 9.10. The average Bonchev–Trinajstić information content (AvgIpc) is 2.96. The van der Waals surface area contributed by atoms with Gasteiger partial charge >= 0.3 is 0 Å². The third-order valence-electron chi connectivity index (χ3n) is 5.25. The van der Waals surface area contributed by atoms with E-state index in [0.29, 0.717) is 16.8 Å². The van der Waals surface area contributed by atoms with E-state index >= 15 is 0 Å². The number of benzene rings is 2. The molecule has 130 valence electrons. The smallest absolute Gasteiger partial charge is 0.136 e. The van der Waals surface area contributed by atoms with E-state index in [9.17, 15) is 5.11 Å². The summed E-state index contributed by atoms with van der Waals surface area (Å²) < 4.78 is 6.77. The van der Waals surface area contributed by atoms with E-state index in [1.54, 1.807) is 0 Å². The molecule has 1 aliphatic rings. The lowest BCUT2D eigenvalue weighted by Crippen LogP contribution is -2.04.